The lowest BCUT2D eigenvalue weighted by molar-refractivity contribution is -0.218. The van der Waals surface area contributed by atoms with Gasteiger partial charge in [-0.1, -0.05) is 0 Å². The van der Waals surface area contributed by atoms with Crippen molar-refractivity contribution in [3.8, 4) is 51.7 Å². The largest absolute Gasteiger partial charge is 0.504 e. The van der Waals surface area contributed by atoms with Crippen molar-refractivity contribution in [2.24, 2.45) is 0 Å². The molecular weight excluding hydrogens is 732 g/mol. The van der Waals surface area contributed by atoms with E-state index in [1.54, 1.807) is 0 Å². The van der Waals surface area contributed by atoms with Crippen LogP contribution in [0.2, 0.25) is 0 Å². The Morgan fingerprint density at radius 1 is 0.582 bits per heavy atom. The summed E-state index contributed by atoms with van der Waals surface area (Å²) in [4.78, 5) is 53.5. The fourth-order valence-corrected chi connectivity index (χ4v) is 6.09. The molecule has 1 fully saturated rings. The van der Waals surface area contributed by atoms with Crippen molar-refractivity contribution in [2.75, 3.05) is 21.3 Å². The van der Waals surface area contributed by atoms with Gasteiger partial charge in [0.15, 0.2) is 46.2 Å². The molecule has 0 spiro atoms. The maximum atomic E-state index is 13.4. The number of hydrogen-bond donors (Lipinski definition) is 7. The molecule has 1 aliphatic rings. The molecule has 3 aromatic carbocycles. The zero-order chi connectivity index (χ0) is 40.8. The van der Waals surface area contributed by atoms with Crippen molar-refractivity contribution < 1.29 is 88.1 Å². The van der Waals surface area contributed by atoms with Crippen LogP contribution < -0.4 is 14.2 Å². The molecule has 0 heterocycles. The maximum absolute atomic E-state index is 13.4. The lowest BCUT2D eigenvalue weighted by Crippen LogP contribution is -2.60. The first-order valence-corrected chi connectivity index (χ1v) is 16.7. The topological polar surface area (TPSA) is 274 Å². The molecule has 18 nitrogen and oxygen atoms in total. The maximum Gasteiger partial charge on any atom is 0.338 e. The summed E-state index contributed by atoms with van der Waals surface area (Å²) in [5.74, 6) is -8.11. The Morgan fingerprint density at radius 2 is 0.873 bits per heavy atom. The van der Waals surface area contributed by atoms with Crippen molar-refractivity contribution in [2.45, 2.75) is 76.0 Å². The molecular formula is C37H42O18. The molecule has 0 radical (unpaired) electrons. The van der Waals surface area contributed by atoms with Gasteiger partial charge in [-0.05, 0) is 66.9 Å². The molecule has 0 aromatic heterocycles. The first-order valence-electron chi connectivity index (χ1n) is 16.7. The van der Waals surface area contributed by atoms with E-state index in [1.165, 1.54) is 35.2 Å². The average Bonchev–Trinajstić information content (AvgIpc) is 3.05. The number of methoxy groups -OCH3 is 3. The van der Waals surface area contributed by atoms with Crippen molar-refractivity contribution in [1.29, 1.82) is 0 Å². The van der Waals surface area contributed by atoms with Gasteiger partial charge in [-0.2, -0.15) is 0 Å². The summed E-state index contributed by atoms with van der Waals surface area (Å²) in [7, 11) is 3.60. The number of rotatable bonds is 14. The number of benzene rings is 3. The van der Waals surface area contributed by atoms with Crippen LogP contribution in [0.25, 0.3) is 0 Å². The van der Waals surface area contributed by atoms with E-state index < -0.39 is 120 Å². The third-order valence-electron chi connectivity index (χ3n) is 8.35. The quantitative estimate of drug-likeness (QED) is 0.0913. The highest BCUT2D eigenvalue weighted by Gasteiger charge is 2.55. The predicted octanol–water partition coefficient (Wildman–Crippen LogP) is 2.19. The zero-order valence-corrected chi connectivity index (χ0v) is 30.4. The van der Waals surface area contributed by atoms with Gasteiger partial charge in [-0.15, -0.1) is 0 Å². The molecule has 298 valence electrons. The fraction of sp³-hybridized carbons (Fsp3) is 0.405. The normalized spacial score (nSPS) is 19.2. The third-order valence-corrected chi connectivity index (χ3v) is 8.35. The summed E-state index contributed by atoms with van der Waals surface area (Å²) in [5.41, 5.74) is -2.33. The van der Waals surface area contributed by atoms with Gasteiger partial charge in [-0.3, -0.25) is 14.4 Å². The Labute approximate surface area is 313 Å². The van der Waals surface area contributed by atoms with E-state index in [0.717, 1.165) is 36.4 Å². The van der Waals surface area contributed by atoms with Gasteiger partial charge in [-0.25, -0.2) is 4.79 Å². The van der Waals surface area contributed by atoms with E-state index in [2.05, 4.69) is 0 Å². The summed E-state index contributed by atoms with van der Waals surface area (Å²) >= 11 is 0. The third kappa shape index (κ3) is 10.0. The number of carbonyl (C=O) groups is 4. The number of aliphatic hydroxyl groups is 1. The second-order valence-corrected chi connectivity index (χ2v) is 12.9. The van der Waals surface area contributed by atoms with Crippen molar-refractivity contribution in [3.05, 3.63) is 53.1 Å². The molecule has 55 heavy (non-hydrogen) atoms. The van der Waals surface area contributed by atoms with Gasteiger partial charge in [0, 0.05) is 12.8 Å². The Kier molecular flexibility index (Phi) is 13.0. The molecule has 4 atom stereocenters. The van der Waals surface area contributed by atoms with E-state index in [9.17, 15) is 54.9 Å². The van der Waals surface area contributed by atoms with Crippen LogP contribution in [-0.2, 0) is 57.4 Å². The van der Waals surface area contributed by atoms with E-state index >= 15 is 0 Å². The molecule has 0 aliphatic heterocycles. The minimum atomic E-state index is -2.48. The molecule has 1 aliphatic carbocycles. The number of aromatic hydroxyl groups is 6. The summed E-state index contributed by atoms with van der Waals surface area (Å²) < 4.78 is 37.0. The first-order chi connectivity index (χ1) is 25.9. The van der Waals surface area contributed by atoms with Crippen LogP contribution >= 0.6 is 0 Å². The minimum absolute atomic E-state index is 0.0488. The first kappa shape index (κ1) is 41.5. The molecule has 1 saturated carbocycles. The lowest BCUT2D eigenvalue weighted by atomic mass is 9.79. The van der Waals surface area contributed by atoms with Crippen LogP contribution in [0, 0.1) is 0 Å². The zero-order valence-electron chi connectivity index (χ0n) is 30.4. The Hall–Kier alpha value is -6.30. The monoisotopic (exact) mass is 774 g/mol. The summed E-state index contributed by atoms with van der Waals surface area (Å²) in [6, 6.07) is 6.72. The molecule has 3 aromatic rings. The van der Waals surface area contributed by atoms with Crippen LogP contribution in [0.15, 0.2) is 36.4 Å². The van der Waals surface area contributed by atoms with E-state index in [-0.39, 0.29) is 33.9 Å². The number of ether oxygens (including phenoxy) is 7. The van der Waals surface area contributed by atoms with E-state index in [4.69, 9.17) is 33.2 Å². The van der Waals surface area contributed by atoms with Crippen LogP contribution in [0.5, 0.6) is 51.7 Å². The lowest BCUT2D eigenvalue weighted by Gasteiger charge is -2.43. The average molecular weight is 775 g/mol. The molecule has 0 saturated heterocycles. The fourth-order valence-electron chi connectivity index (χ4n) is 6.09. The van der Waals surface area contributed by atoms with Crippen LogP contribution in [0.3, 0.4) is 0 Å². The van der Waals surface area contributed by atoms with Crippen LogP contribution in [0.4, 0.5) is 0 Å². The number of phenols is 6. The summed E-state index contributed by atoms with van der Waals surface area (Å²) in [6.07, 6.45) is -9.09. The molecule has 0 amide bonds. The van der Waals surface area contributed by atoms with Crippen molar-refractivity contribution in [3.63, 3.8) is 0 Å². The van der Waals surface area contributed by atoms with Crippen molar-refractivity contribution in [1.82, 2.24) is 0 Å². The Bertz CT molecular complexity index is 1770. The van der Waals surface area contributed by atoms with Gasteiger partial charge in [0.05, 0.1) is 46.7 Å². The Morgan fingerprint density at radius 3 is 1.15 bits per heavy atom. The van der Waals surface area contributed by atoms with Gasteiger partial charge < -0.3 is 68.9 Å². The van der Waals surface area contributed by atoms with Gasteiger partial charge in [0.1, 0.15) is 12.2 Å². The van der Waals surface area contributed by atoms with Gasteiger partial charge in [0.25, 0.3) is 0 Å². The predicted molar refractivity (Wildman–Crippen MR) is 185 cm³/mol. The van der Waals surface area contributed by atoms with Gasteiger partial charge in [0.2, 0.25) is 17.2 Å². The molecule has 2 unspecified atom stereocenters. The molecule has 4 rings (SSSR count). The highest BCUT2D eigenvalue weighted by atomic mass is 16.6. The van der Waals surface area contributed by atoms with E-state index in [1.807, 2.05) is 0 Å². The summed E-state index contributed by atoms with van der Waals surface area (Å²) in [6.45, 7) is 3.02. The van der Waals surface area contributed by atoms with Crippen molar-refractivity contribution >= 4 is 23.9 Å². The second-order valence-electron chi connectivity index (χ2n) is 12.9. The summed E-state index contributed by atoms with van der Waals surface area (Å²) in [5, 5.41) is 73.0. The second kappa shape index (κ2) is 17.2. The number of carbonyl (C=O) groups excluding carboxylic acids is 4. The molecule has 7 N–H and O–H groups in total. The SMILES string of the molecule is COc1c(O)cc(CC(=O)OC2[C@@H](OC(=O)Cc3cc(O)c(OC)c(O)c3)CC(O)(C(=O)OC(C)C)C[C@H]2OC(=O)Cc2cc(O)c(OC)c(O)c2)cc1O. The minimum Gasteiger partial charge on any atom is -0.504 e. The van der Waals surface area contributed by atoms with Gasteiger partial charge >= 0.3 is 23.9 Å². The standard InChI is InChI=1S/C37H42O18/c1-17(2)52-36(47)37(48)15-27(53-29(44)12-18-6-21(38)32(49-3)22(39)7-18)35(55-31(46)14-20-10-25(42)34(51-5)26(43)11-20)28(16-37)54-30(45)13-19-8-23(40)33(50-4)24(41)9-19/h6-11,17,27-28,35,38-43,48H,12-16H2,1-5H3/t27-,28+,35?,37?. The number of esters is 4. The highest BCUT2D eigenvalue weighted by Crippen LogP contribution is 2.40. The smallest absolute Gasteiger partial charge is 0.338 e. The van der Waals surface area contributed by atoms with Crippen LogP contribution in [0.1, 0.15) is 43.4 Å². The number of hydrogen-bond acceptors (Lipinski definition) is 18. The number of phenolic OH excluding ortho intramolecular Hbond substituents is 6. The molecule has 0 bridgehead atoms. The Balaban J connectivity index is 1.70. The highest BCUT2D eigenvalue weighted by molar-refractivity contribution is 5.81. The molecule has 18 heteroatoms. The van der Waals surface area contributed by atoms with E-state index in [0.29, 0.717) is 0 Å². The van der Waals surface area contributed by atoms with Crippen LogP contribution in [-0.4, -0.2) is 111 Å².